The molecule has 0 radical (unpaired) electrons. The Kier molecular flexibility index (Phi) is 31.6. The number of nitrogens with one attached hydrogen (secondary N) is 2. The first-order chi connectivity index (χ1) is 30.8. The first-order valence-electron chi connectivity index (χ1n) is 27.7. The molecule has 2 amide bonds. The second-order valence-electron chi connectivity index (χ2n) is 21.0. The van der Waals surface area contributed by atoms with Gasteiger partial charge in [-0.3, -0.25) is 14.4 Å². The van der Waals surface area contributed by atoms with E-state index in [4.69, 9.17) is 9.47 Å². The topological polar surface area (TPSA) is 111 Å². The number of hydrogen-bond acceptors (Lipinski definition) is 6. The van der Waals surface area contributed by atoms with Gasteiger partial charge in [0.15, 0.2) is 0 Å². The molecule has 0 unspecified atom stereocenters. The largest absolute Gasteiger partial charge is 0.466 e. The van der Waals surface area contributed by atoms with Crippen LogP contribution in [-0.2, 0) is 28.7 Å². The minimum Gasteiger partial charge on any atom is -0.466 e. The number of amides is 2. The van der Waals surface area contributed by atoms with Crippen LogP contribution in [0.5, 0.6) is 0 Å². The number of carbonyl (C=O) groups excluding carboxylic acids is 4. The Hall–Kier alpha value is -2.12. The fourth-order valence-corrected chi connectivity index (χ4v) is 11.6. The monoisotopic (exact) mass is 885 g/mol. The van der Waals surface area contributed by atoms with Crippen molar-refractivity contribution in [3.05, 3.63) is 0 Å². The number of rotatable bonds is 43. The summed E-state index contributed by atoms with van der Waals surface area (Å²) < 4.78 is 11.2. The van der Waals surface area contributed by atoms with Gasteiger partial charge >= 0.3 is 11.9 Å². The van der Waals surface area contributed by atoms with Crippen molar-refractivity contribution in [2.45, 2.75) is 283 Å². The molecule has 0 aliphatic heterocycles. The first kappa shape index (κ1) is 55.2. The van der Waals surface area contributed by atoms with Gasteiger partial charge in [-0.1, -0.05) is 187 Å². The van der Waals surface area contributed by atoms with Gasteiger partial charge < -0.3 is 20.1 Å². The maximum Gasteiger partial charge on any atom is 0.328 e. The van der Waals surface area contributed by atoms with Crippen molar-refractivity contribution in [2.24, 2.45) is 23.2 Å². The highest BCUT2D eigenvalue weighted by molar-refractivity contribution is 5.85. The molecule has 2 N–H and O–H groups in total. The van der Waals surface area contributed by atoms with E-state index in [1.54, 1.807) is 0 Å². The van der Waals surface area contributed by atoms with E-state index in [0.717, 1.165) is 62.7 Å². The molecule has 4 aliphatic rings. The minimum atomic E-state index is -0.860. The molecule has 8 heteroatoms. The molecule has 0 spiro atoms. The van der Waals surface area contributed by atoms with E-state index in [1.807, 2.05) is 0 Å². The molecule has 4 saturated carbocycles. The van der Waals surface area contributed by atoms with Crippen LogP contribution >= 0.6 is 0 Å². The number of esters is 2. The molecule has 4 bridgehead atoms. The Morgan fingerprint density at radius 2 is 0.873 bits per heavy atom. The molecule has 0 saturated heterocycles. The number of ether oxygens (including phenoxy) is 2. The molecule has 63 heavy (non-hydrogen) atoms. The zero-order valence-electron chi connectivity index (χ0n) is 41.4. The van der Waals surface area contributed by atoms with E-state index in [2.05, 4.69) is 24.5 Å². The molecule has 1 atom stereocenters. The Morgan fingerprint density at radius 1 is 0.476 bits per heavy atom. The van der Waals surface area contributed by atoms with Crippen molar-refractivity contribution in [3.63, 3.8) is 0 Å². The van der Waals surface area contributed by atoms with Gasteiger partial charge in [-0.15, -0.1) is 0 Å². The summed E-state index contributed by atoms with van der Waals surface area (Å²) in [5.41, 5.74) is 0.253. The van der Waals surface area contributed by atoms with Gasteiger partial charge in [-0.25, -0.2) is 4.79 Å². The molecule has 0 aromatic heterocycles. The highest BCUT2D eigenvalue weighted by atomic mass is 16.5. The molecule has 366 valence electrons. The van der Waals surface area contributed by atoms with Gasteiger partial charge in [0.1, 0.15) is 6.04 Å². The molecule has 8 nitrogen and oxygen atoms in total. The Bertz CT molecular complexity index is 1150. The maximum atomic E-state index is 13.2. The van der Waals surface area contributed by atoms with Crippen molar-refractivity contribution in [3.8, 4) is 0 Å². The lowest BCUT2D eigenvalue weighted by molar-refractivity contribution is -0.149. The molecule has 4 aliphatic carbocycles. The molecule has 0 aromatic rings. The normalized spacial score (nSPS) is 20.4. The van der Waals surface area contributed by atoms with Crippen molar-refractivity contribution in [1.29, 1.82) is 0 Å². The van der Waals surface area contributed by atoms with Crippen LogP contribution in [-0.4, -0.2) is 49.6 Å². The fraction of sp³-hybridized carbons (Fsp3) is 0.927. The maximum absolute atomic E-state index is 13.2. The number of unbranched alkanes of at least 4 members (excludes halogenated alkanes) is 28. The van der Waals surface area contributed by atoms with Crippen LogP contribution in [0.3, 0.4) is 0 Å². The van der Waals surface area contributed by atoms with E-state index in [0.29, 0.717) is 39.0 Å². The molecule has 4 fully saturated rings. The summed E-state index contributed by atoms with van der Waals surface area (Å²) in [7, 11) is 0. The summed E-state index contributed by atoms with van der Waals surface area (Å²) in [5.74, 6) is 1.76. The minimum absolute atomic E-state index is 0.0699. The molecule has 0 aromatic carbocycles. The summed E-state index contributed by atoms with van der Waals surface area (Å²) in [6, 6.07) is -0.860. The SMILES string of the molecule is CCCCCCCCCCCCCCCCOC(=O)CC[C@H](NC(=O)CCCCCNC(=O)CC12CC3CC(CC(C3)C1)C2)C(=O)OCCCCCCCCCCCCCCCC. The highest BCUT2D eigenvalue weighted by Crippen LogP contribution is 2.61. The Labute approximate surface area is 387 Å². The third-order valence-corrected chi connectivity index (χ3v) is 14.9. The summed E-state index contributed by atoms with van der Waals surface area (Å²) in [6.07, 6.45) is 47.1. The van der Waals surface area contributed by atoms with Crippen LogP contribution in [0.1, 0.15) is 277 Å². The second-order valence-corrected chi connectivity index (χ2v) is 21.0. The van der Waals surface area contributed by atoms with Gasteiger partial charge in [0.05, 0.1) is 13.2 Å². The summed E-state index contributed by atoms with van der Waals surface area (Å²) in [4.78, 5) is 51.8. The average molecular weight is 885 g/mol. The third kappa shape index (κ3) is 27.2. The van der Waals surface area contributed by atoms with Gasteiger partial charge in [-0.05, 0) is 93.8 Å². The highest BCUT2D eigenvalue weighted by Gasteiger charge is 2.51. The number of hydrogen-bond donors (Lipinski definition) is 2. The summed E-state index contributed by atoms with van der Waals surface area (Å²) in [5, 5.41) is 6.06. The van der Waals surface area contributed by atoms with Gasteiger partial charge in [0.25, 0.3) is 0 Å². The van der Waals surface area contributed by atoms with E-state index in [-0.39, 0.29) is 36.0 Å². The molecular weight excluding hydrogens is 785 g/mol. The summed E-state index contributed by atoms with van der Waals surface area (Å²) >= 11 is 0. The Balaban J connectivity index is 1.25. The van der Waals surface area contributed by atoms with Crippen molar-refractivity contribution in [2.75, 3.05) is 19.8 Å². The van der Waals surface area contributed by atoms with Crippen LogP contribution in [0, 0.1) is 23.2 Å². The van der Waals surface area contributed by atoms with E-state index in [9.17, 15) is 19.2 Å². The van der Waals surface area contributed by atoms with Crippen LogP contribution in [0.4, 0.5) is 0 Å². The smallest absolute Gasteiger partial charge is 0.328 e. The van der Waals surface area contributed by atoms with Crippen molar-refractivity contribution in [1.82, 2.24) is 10.6 Å². The van der Waals surface area contributed by atoms with Crippen LogP contribution in [0.2, 0.25) is 0 Å². The van der Waals surface area contributed by atoms with Crippen LogP contribution < -0.4 is 10.6 Å². The van der Waals surface area contributed by atoms with Gasteiger partial charge in [0, 0.05) is 25.8 Å². The molecule has 4 rings (SSSR count). The molecule has 0 heterocycles. The standard InChI is InChI=1S/C55H100N2O6/c1-3-5-7-9-11-13-15-17-19-21-23-25-27-32-38-62-53(60)36-35-50(54(61)63-39-33-28-26-24-22-20-18-16-14-12-10-8-6-4-2)57-51(58)34-30-29-31-37-56-52(59)46-55-43-47-40-48(44-55)42-49(41-47)45-55/h47-50H,3-46H2,1-2H3,(H,56,59)(H,57,58)/t47?,48?,49?,50-,55?/m0/s1. The zero-order valence-corrected chi connectivity index (χ0v) is 41.4. The van der Waals surface area contributed by atoms with Crippen molar-refractivity contribution >= 4 is 23.8 Å². The summed E-state index contributed by atoms with van der Waals surface area (Å²) in [6.45, 7) is 5.92. The lowest BCUT2D eigenvalue weighted by Gasteiger charge is -2.56. The number of carbonyl (C=O) groups is 4. The quantitative estimate of drug-likeness (QED) is 0.0466. The van der Waals surface area contributed by atoms with Crippen LogP contribution in [0.25, 0.3) is 0 Å². The molecular formula is C55H100N2O6. The predicted molar refractivity (Wildman–Crippen MR) is 260 cm³/mol. The third-order valence-electron chi connectivity index (χ3n) is 14.9. The van der Waals surface area contributed by atoms with E-state index in [1.165, 1.54) is 186 Å². The zero-order chi connectivity index (χ0) is 45.1. The average Bonchev–Trinajstić information content (AvgIpc) is 3.25. The first-order valence-corrected chi connectivity index (χ1v) is 27.7. The lowest BCUT2D eigenvalue weighted by atomic mass is 9.49. The lowest BCUT2D eigenvalue weighted by Crippen LogP contribution is -2.48. The fourth-order valence-electron chi connectivity index (χ4n) is 11.6. The van der Waals surface area contributed by atoms with Gasteiger partial charge in [0.2, 0.25) is 11.8 Å². The predicted octanol–water partition coefficient (Wildman–Crippen LogP) is 14.6. The van der Waals surface area contributed by atoms with Crippen molar-refractivity contribution < 1.29 is 28.7 Å². The second kappa shape index (κ2) is 36.1. The van der Waals surface area contributed by atoms with Gasteiger partial charge in [-0.2, -0.15) is 0 Å². The van der Waals surface area contributed by atoms with Crippen LogP contribution in [0.15, 0.2) is 0 Å². The van der Waals surface area contributed by atoms with E-state index >= 15 is 0 Å². The Morgan fingerprint density at radius 3 is 1.32 bits per heavy atom. The van der Waals surface area contributed by atoms with E-state index < -0.39 is 12.0 Å².